The number of hydrogen-bond donors (Lipinski definition) is 2. The van der Waals surface area contributed by atoms with Crippen LogP contribution in [0.1, 0.15) is 26.7 Å². The fourth-order valence-corrected chi connectivity index (χ4v) is 3.82. The molecule has 3 aromatic heterocycles. The maximum Gasteiger partial charge on any atom is 0.273 e. The Morgan fingerprint density at radius 2 is 2.03 bits per heavy atom. The van der Waals surface area contributed by atoms with E-state index in [0.717, 1.165) is 6.92 Å². The van der Waals surface area contributed by atoms with E-state index in [-0.39, 0.29) is 12.2 Å². The fraction of sp³-hybridized carbons (Fsp3) is 0.450. The number of anilines is 1. The van der Waals surface area contributed by atoms with Crippen LogP contribution in [-0.4, -0.2) is 49.9 Å². The van der Waals surface area contributed by atoms with E-state index in [1.165, 1.54) is 19.1 Å². The van der Waals surface area contributed by atoms with Crippen LogP contribution in [-0.2, 0) is 0 Å². The normalized spacial score (nSPS) is 20.1. The Kier molecular flexibility index (Phi) is 4.72. The Morgan fingerprint density at radius 3 is 2.79 bits per heavy atom. The van der Waals surface area contributed by atoms with Crippen molar-refractivity contribution < 1.29 is 18.3 Å². The van der Waals surface area contributed by atoms with Gasteiger partial charge in [-0.25, -0.2) is 23.1 Å². The second kappa shape index (κ2) is 6.98. The third-order valence-corrected chi connectivity index (χ3v) is 5.83. The van der Waals surface area contributed by atoms with Crippen molar-refractivity contribution in [2.24, 2.45) is 5.92 Å². The molecule has 0 spiro atoms. The van der Waals surface area contributed by atoms with E-state index >= 15 is 0 Å². The number of piperidine rings is 1. The molecule has 0 aliphatic carbocycles. The summed E-state index contributed by atoms with van der Waals surface area (Å²) in [6.07, 6.45) is 2.70. The van der Waals surface area contributed by atoms with E-state index in [1.807, 2.05) is 4.90 Å². The van der Waals surface area contributed by atoms with E-state index < -0.39 is 23.3 Å². The molecular weight excluding hydrogens is 383 g/mol. The van der Waals surface area contributed by atoms with Crippen molar-refractivity contribution in [2.45, 2.75) is 38.2 Å². The molecular formula is C20H22F3N5O. The van der Waals surface area contributed by atoms with Crippen LogP contribution in [0.4, 0.5) is 19.0 Å². The molecule has 2 unspecified atom stereocenters. The van der Waals surface area contributed by atoms with Crippen LogP contribution < -0.4 is 4.90 Å². The first-order valence-corrected chi connectivity index (χ1v) is 9.49. The molecule has 4 rings (SSSR count). The fourth-order valence-electron chi connectivity index (χ4n) is 3.82. The Labute approximate surface area is 165 Å². The Hall–Kier alpha value is -2.68. The zero-order chi connectivity index (χ0) is 20.8. The minimum absolute atomic E-state index is 0.0905. The molecule has 1 saturated heterocycles. The lowest BCUT2D eigenvalue weighted by molar-refractivity contribution is -0.188. The number of aliphatic hydroxyl groups is 1. The topological polar surface area (TPSA) is 77.9 Å². The highest BCUT2D eigenvalue weighted by molar-refractivity contribution is 5.89. The lowest BCUT2D eigenvalue weighted by atomic mass is 9.79. The number of nitrogens with one attached hydrogen (secondary N) is 1. The van der Waals surface area contributed by atoms with Crippen molar-refractivity contribution in [1.82, 2.24) is 20.2 Å². The second-order valence-corrected chi connectivity index (χ2v) is 7.79. The van der Waals surface area contributed by atoms with Crippen molar-refractivity contribution in [3.05, 3.63) is 36.3 Å². The summed E-state index contributed by atoms with van der Waals surface area (Å²) in [6.45, 7) is 2.71. The highest BCUT2D eigenvalue weighted by Crippen LogP contribution is 2.39. The summed E-state index contributed by atoms with van der Waals surface area (Å²) in [5, 5.41) is 17.9. The first kappa shape index (κ1) is 19.6. The highest BCUT2D eigenvalue weighted by atomic mass is 19.3. The maximum absolute atomic E-state index is 14.6. The van der Waals surface area contributed by atoms with Gasteiger partial charge in [-0.2, -0.15) is 5.10 Å². The smallest absolute Gasteiger partial charge is 0.273 e. The van der Waals surface area contributed by atoms with Crippen molar-refractivity contribution in [3.8, 4) is 11.4 Å². The summed E-state index contributed by atoms with van der Waals surface area (Å²) in [7, 11) is 0. The quantitative estimate of drug-likeness (QED) is 0.691. The van der Waals surface area contributed by atoms with Crippen molar-refractivity contribution in [3.63, 3.8) is 0 Å². The van der Waals surface area contributed by atoms with Gasteiger partial charge in [0.15, 0.2) is 11.5 Å². The number of hydrogen-bond acceptors (Lipinski definition) is 5. The molecule has 154 valence electrons. The molecule has 9 heteroatoms. The molecule has 1 aliphatic rings. The van der Waals surface area contributed by atoms with Crippen LogP contribution in [0.5, 0.6) is 0 Å². The number of nitrogens with zero attached hydrogens (tertiary/aromatic N) is 4. The van der Waals surface area contributed by atoms with Gasteiger partial charge in [0.1, 0.15) is 17.1 Å². The SMILES string of the molecule is CC(F)(F)C(C)(O)C1CCCN(c2ccc(F)c(-c3[nH]nc4ncccc34)n2)C1. The number of H-pyrrole nitrogens is 1. The molecule has 29 heavy (non-hydrogen) atoms. The van der Waals surface area contributed by atoms with Gasteiger partial charge < -0.3 is 10.0 Å². The molecule has 2 atom stereocenters. The van der Waals surface area contributed by atoms with Gasteiger partial charge in [-0.05, 0) is 44.0 Å². The number of fused-ring (bicyclic) bond motifs is 1. The van der Waals surface area contributed by atoms with Gasteiger partial charge in [0, 0.05) is 37.5 Å². The molecule has 1 fully saturated rings. The summed E-state index contributed by atoms with van der Waals surface area (Å²) in [4.78, 5) is 10.4. The lowest BCUT2D eigenvalue weighted by Gasteiger charge is -2.43. The largest absolute Gasteiger partial charge is 0.384 e. The predicted molar refractivity (Wildman–Crippen MR) is 103 cm³/mol. The van der Waals surface area contributed by atoms with Crippen LogP contribution in [0.3, 0.4) is 0 Å². The van der Waals surface area contributed by atoms with Crippen LogP contribution in [0.25, 0.3) is 22.4 Å². The molecule has 0 aromatic carbocycles. The summed E-state index contributed by atoms with van der Waals surface area (Å²) in [5.41, 5.74) is -1.19. The average Bonchev–Trinajstić information content (AvgIpc) is 3.11. The molecule has 0 bridgehead atoms. The van der Waals surface area contributed by atoms with E-state index in [2.05, 4.69) is 20.2 Å². The summed E-state index contributed by atoms with van der Waals surface area (Å²) < 4.78 is 42.4. The first-order valence-electron chi connectivity index (χ1n) is 9.49. The lowest BCUT2D eigenvalue weighted by Crippen LogP contribution is -2.55. The van der Waals surface area contributed by atoms with E-state index in [9.17, 15) is 18.3 Å². The van der Waals surface area contributed by atoms with Crippen LogP contribution in [0, 0.1) is 11.7 Å². The molecule has 1 aliphatic heterocycles. The first-order chi connectivity index (χ1) is 13.7. The number of aromatic amines is 1. The van der Waals surface area contributed by atoms with E-state index in [1.54, 1.807) is 18.3 Å². The molecule has 0 radical (unpaired) electrons. The van der Waals surface area contributed by atoms with Gasteiger partial charge in [-0.15, -0.1) is 0 Å². The summed E-state index contributed by atoms with van der Waals surface area (Å²) in [6, 6.07) is 6.32. The molecule has 2 N–H and O–H groups in total. The molecule has 3 aromatic rings. The molecule has 6 nitrogen and oxygen atoms in total. The number of alkyl halides is 2. The number of rotatable bonds is 4. The van der Waals surface area contributed by atoms with Gasteiger partial charge in [-0.3, -0.25) is 5.10 Å². The molecule has 4 heterocycles. The molecule has 0 saturated carbocycles. The van der Waals surface area contributed by atoms with Crippen molar-refractivity contribution >= 4 is 16.9 Å². The van der Waals surface area contributed by atoms with E-state index in [4.69, 9.17) is 0 Å². The van der Waals surface area contributed by atoms with E-state index in [0.29, 0.717) is 41.9 Å². The number of halogens is 3. The maximum atomic E-state index is 14.6. The monoisotopic (exact) mass is 405 g/mol. The van der Waals surface area contributed by atoms with Crippen LogP contribution >= 0.6 is 0 Å². The zero-order valence-corrected chi connectivity index (χ0v) is 16.2. The van der Waals surface area contributed by atoms with Gasteiger partial charge in [-0.1, -0.05) is 0 Å². The minimum atomic E-state index is -3.23. The summed E-state index contributed by atoms with van der Waals surface area (Å²) in [5.74, 6) is -3.93. The standard InChI is InChI=1S/C20H22F3N5O/c1-19(29,20(2,22)23)12-5-4-10-28(11-12)15-8-7-14(21)17(25-15)16-13-6-3-9-24-18(13)27-26-16/h3,6-9,12,29H,4-5,10-11H2,1-2H3,(H,24,26,27). The Balaban J connectivity index is 1.67. The number of aromatic nitrogens is 4. The number of pyridine rings is 2. The van der Waals surface area contributed by atoms with Crippen molar-refractivity contribution in [1.29, 1.82) is 0 Å². The highest BCUT2D eigenvalue weighted by Gasteiger charge is 2.51. The summed E-state index contributed by atoms with van der Waals surface area (Å²) >= 11 is 0. The third kappa shape index (κ3) is 3.43. The predicted octanol–water partition coefficient (Wildman–Crippen LogP) is 3.78. The Bertz CT molecular complexity index is 1030. The van der Waals surface area contributed by atoms with Crippen molar-refractivity contribution in [2.75, 3.05) is 18.0 Å². The van der Waals surface area contributed by atoms with Gasteiger partial charge in [0.2, 0.25) is 0 Å². The zero-order valence-electron chi connectivity index (χ0n) is 16.2. The van der Waals surface area contributed by atoms with Gasteiger partial charge in [0.25, 0.3) is 5.92 Å². The minimum Gasteiger partial charge on any atom is -0.384 e. The average molecular weight is 405 g/mol. The van der Waals surface area contributed by atoms with Gasteiger partial charge in [0.05, 0.1) is 5.69 Å². The second-order valence-electron chi connectivity index (χ2n) is 7.79. The van der Waals surface area contributed by atoms with Gasteiger partial charge >= 0.3 is 0 Å². The van der Waals surface area contributed by atoms with Crippen LogP contribution in [0.2, 0.25) is 0 Å². The van der Waals surface area contributed by atoms with Crippen LogP contribution in [0.15, 0.2) is 30.5 Å². The molecule has 0 amide bonds. The third-order valence-electron chi connectivity index (χ3n) is 5.83. The Morgan fingerprint density at radius 1 is 1.24 bits per heavy atom.